The Bertz CT molecular complexity index is 536. The van der Waals surface area contributed by atoms with Crippen molar-refractivity contribution in [3.63, 3.8) is 0 Å². The van der Waals surface area contributed by atoms with Crippen molar-refractivity contribution in [1.29, 1.82) is 0 Å². The summed E-state index contributed by atoms with van der Waals surface area (Å²) in [6, 6.07) is -0.627. The van der Waals surface area contributed by atoms with Crippen molar-refractivity contribution in [3.05, 3.63) is 12.7 Å². The molecule has 0 bridgehead atoms. The summed E-state index contributed by atoms with van der Waals surface area (Å²) in [6.07, 6.45) is 2.49. The lowest BCUT2D eigenvalue weighted by Crippen LogP contribution is -2.46. The number of carbonyl (C=O) groups excluding carboxylic acids is 2. The summed E-state index contributed by atoms with van der Waals surface area (Å²) in [5.41, 5.74) is 0. The largest absolute Gasteiger partial charge is 0.467 e. The van der Waals surface area contributed by atoms with E-state index in [-0.39, 0.29) is 17.6 Å². The summed E-state index contributed by atoms with van der Waals surface area (Å²) in [5, 5.41) is 14.4. The van der Waals surface area contributed by atoms with E-state index in [4.69, 9.17) is 4.74 Å². The summed E-state index contributed by atoms with van der Waals surface area (Å²) in [6.45, 7) is 8.08. The average molecular weight is 358 g/mol. The van der Waals surface area contributed by atoms with Crippen molar-refractivity contribution in [2.24, 2.45) is 5.92 Å². The smallest absolute Gasteiger partial charge is 0.328 e. The number of carbonyl (C=O) groups is 2. The lowest BCUT2D eigenvalue weighted by molar-refractivity contribution is -0.146. The molecule has 1 amide bonds. The highest BCUT2D eigenvalue weighted by Gasteiger charge is 2.26. The zero-order valence-electron chi connectivity index (χ0n) is 13.5. The summed E-state index contributed by atoms with van der Waals surface area (Å²) >= 11 is 2.64. The second-order valence-corrected chi connectivity index (χ2v) is 6.99. The molecule has 2 atom stereocenters. The van der Waals surface area contributed by atoms with Crippen LogP contribution in [0.2, 0.25) is 0 Å². The van der Waals surface area contributed by atoms with Gasteiger partial charge < -0.3 is 15.4 Å². The van der Waals surface area contributed by atoms with Crippen LogP contribution in [0.5, 0.6) is 0 Å². The average Bonchev–Trinajstić information content (AvgIpc) is 3.02. The molecule has 0 saturated carbocycles. The fourth-order valence-electron chi connectivity index (χ4n) is 1.64. The van der Waals surface area contributed by atoms with Gasteiger partial charge in [-0.2, -0.15) is 0 Å². The number of thioether (sulfide) groups is 1. The molecule has 1 rings (SSSR count). The minimum absolute atomic E-state index is 0.00707. The maximum Gasteiger partial charge on any atom is 0.328 e. The zero-order valence-corrected chi connectivity index (χ0v) is 15.1. The van der Waals surface area contributed by atoms with Crippen molar-refractivity contribution < 1.29 is 14.3 Å². The van der Waals surface area contributed by atoms with E-state index >= 15 is 0 Å². The highest BCUT2D eigenvalue weighted by atomic mass is 32.2. The van der Waals surface area contributed by atoms with E-state index in [9.17, 15) is 9.59 Å². The van der Waals surface area contributed by atoms with Crippen molar-refractivity contribution >= 4 is 40.1 Å². The number of aromatic nitrogens is 2. The quantitative estimate of drug-likeness (QED) is 0.375. The molecule has 0 aliphatic rings. The minimum Gasteiger partial charge on any atom is -0.467 e. The van der Waals surface area contributed by atoms with Crippen LogP contribution in [-0.2, 0) is 14.3 Å². The molecule has 0 aliphatic carbocycles. The Morgan fingerprint density at radius 2 is 2.22 bits per heavy atom. The predicted molar refractivity (Wildman–Crippen MR) is 92.7 cm³/mol. The van der Waals surface area contributed by atoms with E-state index in [0.29, 0.717) is 16.0 Å². The minimum atomic E-state index is -0.627. The van der Waals surface area contributed by atoms with Gasteiger partial charge in [0.25, 0.3) is 0 Å². The molecule has 1 aromatic heterocycles. The van der Waals surface area contributed by atoms with Gasteiger partial charge in [0.1, 0.15) is 6.04 Å². The Morgan fingerprint density at radius 3 is 2.83 bits per heavy atom. The van der Waals surface area contributed by atoms with Crippen LogP contribution in [0.4, 0.5) is 5.13 Å². The molecule has 2 N–H and O–H groups in total. The summed E-state index contributed by atoms with van der Waals surface area (Å²) < 4.78 is 5.43. The predicted octanol–water partition coefficient (Wildman–Crippen LogP) is 1.93. The molecule has 9 heteroatoms. The van der Waals surface area contributed by atoms with Gasteiger partial charge in [-0.25, -0.2) is 4.79 Å². The maximum atomic E-state index is 12.0. The third-order valence-corrected chi connectivity index (χ3v) is 5.13. The SMILES string of the molecule is C=CCNc1nnc(SCC(=O)NC(C(=O)OC)C(C)CC)s1. The van der Waals surface area contributed by atoms with E-state index in [2.05, 4.69) is 27.4 Å². The van der Waals surface area contributed by atoms with E-state index in [1.165, 1.54) is 30.2 Å². The third kappa shape index (κ3) is 6.57. The molecular formula is C14H22N4O3S2. The van der Waals surface area contributed by atoms with Crippen LogP contribution in [0.25, 0.3) is 0 Å². The van der Waals surface area contributed by atoms with E-state index in [0.717, 1.165) is 6.42 Å². The number of nitrogens with zero attached hydrogens (tertiary/aromatic N) is 2. The van der Waals surface area contributed by atoms with Crippen molar-refractivity contribution in [3.8, 4) is 0 Å². The van der Waals surface area contributed by atoms with Gasteiger partial charge in [0, 0.05) is 6.54 Å². The van der Waals surface area contributed by atoms with Crippen LogP contribution >= 0.6 is 23.1 Å². The zero-order chi connectivity index (χ0) is 17.2. The Morgan fingerprint density at radius 1 is 1.48 bits per heavy atom. The Kier molecular flexibility index (Phi) is 8.64. The number of ether oxygens (including phenoxy) is 1. The second-order valence-electron chi connectivity index (χ2n) is 4.79. The number of rotatable bonds is 10. The van der Waals surface area contributed by atoms with Crippen LogP contribution < -0.4 is 10.6 Å². The molecule has 0 radical (unpaired) electrons. The molecule has 0 spiro atoms. The van der Waals surface area contributed by atoms with Crippen LogP contribution in [0.1, 0.15) is 20.3 Å². The number of esters is 1. The van der Waals surface area contributed by atoms with Gasteiger partial charge in [0.15, 0.2) is 4.34 Å². The lowest BCUT2D eigenvalue weighted by atomic mass is 9.99. The Balaban J connectivity index is 2.50. The number of hydrogen-bond acceptors (Lipinski definition) is 8. The molecule has 0 aliphatic heterocycles. The Labute approximate surface area is 144 Å². The first kappa shape index (κ1) is 19.4. The standard InChI is InChI=1S/C14H22N4O3S2/c1-5-7-15-13-17-18-14(23-13)22-8-10(19)16-11(9(3)6-2)12(20)21-4/h5,9,11H,1,6-8H2,2-4H3,(H,15,17)(H,16,19). The molecule has 1 aromatic rings. The van der Waals surface area contributed by atoms with Gasteiger partial charge in [-0.15, -0.1) is 16.8 Å². The van der Waals surface area contributed by atoms with Crippen molar-refractivity contribution in [1.82, 2.24) is 15.5 Å². The van der Waals surface area contributed by atoms with Crippen LogP contribution in [0.15, 0.2) is 17.0 Å². The molecule has 2 unspecified atom stereocenters. The summed E-state index contributed by atoms with van der Waals surface area (Å²) in [5.74, 6) is -0.487. The molecule has 23 heavy (non-hydrogen) atoms. The van der Waals surface area contributed by atoms with Crippen LogP contribution in [-0.4, -0.2) is 47.5 Å². The van der Waals surface area contributed by atoms with E-state index in [1.54, 1.807) is 6.08 Å². The number of amides is 1. The Hall–Kier alpha value is -1.61. The molecule has 0 fully saturated rings. The van der Waals surface area contributed by atoms with Crippen LogP contribution in [0.3, 0.4) is 0 Å². The normalized spacial score (nSPS) is 13.0. The molecule has 0 saturated heterocycles. The first-order valence-corrected chi connectivity index (χ1v) is 9.00. The molecule has 0 aromatic carbocycles. The van der Waals surface area contributed by atoms with Gasteiger partial charge in [0.05, 0.1) is 12.9 Å². The maximum absolute atomic E-state index is 12.0. The monoisotopic (exact) mass is 358 g/mol. The van der Waals surface area contributed by atoms with E-state index in [1.807, 2.05) is 13.8 Å². The highest BCUT2D eigenvalue weighted by Crippen LogP contribution is 2.25. The number of hydrogen-bond donors (Lipinski definition) is 2. The number of nitrogens with one attached hydrogen (secondary N) is 2. The third-order valence-electron chi connectivity index (χ3n) is 3.12. The van der Waals surface area contributed by atoms with Crippen molar-refractivity contribution in [2.75, 3.05) is 24.7 Å². The van der Waals surface area contributed by atoms with Crippen LogP contribution in [0, 0.1) is 5.92 Å². The van der Waals surface area contributed by atoms with Gasteiger partial charge in [0.2, 0.25) is 11.0 Å². The molecule has 128 valence electrons. The molecular weight excluding hydrogens is 336 g/mol. The number of anilines is 1. The van der Waals surface area contributed by atoms with Gasteiger partial charge in [-0.3, -0.25) is 4.79 Å². The molecule has 1 heterocycles. The van der Waals surface area contributed by atoms with Gasteiger partial charge >= 0.3 is 5.97 Å². The summed E-state index contributed by atoms with van der Waals surface area (Å²) in [4.78, 5) is 23.8. The first-order valence-electron chi connectivity index (χ1n) is 7.20. The fourth-order valence-corrected chi connectivity index (χ4v) is 3.21. The topological polar surface area (TPSA) is 93.2 Å². The van der Waals surface area contributed by atoms with Crippen molar-refractivity contribution in [2.45, 2.75) is 30.6 Å². The van der Waals surface area contributed by atoms with E-state index < -0.39 is 12.0 Å². The number of methoxy groups -OCH3 is 1. The second kappa shape index (κ2) is 10.2. The highest BCUT2D eigenvalue weighted by molar-refractivity contribution is 8.01. The lowest BCUT2D eigenvalue weighted by Gasteiger charge is -2.21. The molecule has 7 nitrogen and oxygen atoms in total. The van der Waals surface area contributed by atoms with Gasteiger partial charge in [-0.1, -0.05) is 49.4 Å². The first-order chi connectivity index (χ1) is 11.0. The fraction of sp³-hybridized carbons (Fsp3) is 0.571. The summed E-state index contributed by atoms with van der Waals surface area (Å²) in [7, 11) is 1.32. The van der Waals surface area contributed by atoms with Gasteiger partial charge in [-0.05, 0) is 5.92 Å².